The lowest BCUT2D eigenvalue weighted by Gasteiger charge is -2.25. The van der Waals surface area contributed by atoms with Crippen LogP contribution in [0.25, 0.3) is 11.6 Å². The predicted molar refractivity (Wildman–Crippen MR) is 103 cm³/mol. The third-order valence-corrected chi connectivity index (χ3v) is 4.71. The van der Waals surface area contributed by atoms with Crippen LogP contribution < -0.4 is 21.0 Å². The number of rotatable bonds is 2. The van der Waals surface area contributed by atoms with E-state index in [-0.39, 0.29) is 16.5 Å². The van der Waals surface area contributed by atoms with Crippen LogP contribution in [0.5, 0.6) is 0 Å². The van der Waals surface area contributed by atoms with Crippen molar-refractivity contribution in [2.24, 2.45) is 0 Å². The van der Waals surface area contributed by atoms with Crippen LogP contribution in [0.2, 0.25) is 0 Å². The second-order valence-corrected chi connectivity index (χ2v) is 6.35. The lowest BCUT2D eigenvalue weighted by Crippen LogP contribution is -2.44. The fraction of sp³-hybridized carbons (Fsp3) is 0.0952. The van der Waals surface area contributed by atoms with Crippen LogP contribution in [-0.4, -0.2) is 28.9 Å². The minimum atomic E-state index is -0.441. The van der Waals surface area contributed by atoms with Crippen molar-refractivity contribution in [1.82, 2.24) is 10.2 Å². The summed E-state index contributed by atoms with van der Waals surface area (Å²) >= 11 is 0. The molecule has 1 aromatic heterocycles. The third-order valence-electron chi connectivity index (χ3n) is 4.71. The van der Waals surface area contributed by atoms with E-state index in [4.69, 9.17) is 0 Å². The molecule has 2 aromatic carbocycles. The van der Waals surface area contributed by atoms with E-state index in [0.717, 1.165) is 5.56 Å². The maximum absolute atomic E-state index is 13.0. The quantitative estimate of drug-likeness (QED) is 0.708. The molecule has 0 aliphatic carbocycles. The number of aromatic amines is 2. The van der Waals surface area contributed by atoms with Crippen molar-refractivity contribution in [1.29, 1.82) is 0 Å². The summed E-state index contributed by atoms with van der Waals surface area (Å²) in [5.74, 6) is -0.832. The topological polar surface area (TPSA) is 86.0 Å². The summed E-state index contributed by atoms with van der Waals surface area (Å²) in [5, 5.41) is 5.74. The highest BCUT2D eigenvalue weighted by Gasteiger charge is 2.33. The molecule has 0 unspecified atom stereocenters. The van der Waals surface area contributed by atoms with E-state index in [2.05, 4.69) is 10.2 Å². The molecule has 2 N–H and O–H groups in total. The molecule has 0 atom stereocenters. The molecule has 1 aliphatic heterocycles. The molecule has 0 saturated carbocycles. The lowest BCUT2D eigenvalue weighted by atomic mass is 9.95. The number of H-pyrrole nitrogens is 2. The van der Waals surface area contributed by atoms with Gasteiger partial charge in [0.1, 0.15) is 5.57 Å². The van der Waals surface area contributed by atoms with Gasteiger partial charge in [0.05, 0.1) is 16.3 Å². The number of nitrogens with zero attached hydrogens (tertiary/aromatic N) is 1. The number of ketones is 1. The Morgan fingerprint density at radius 3 is 2.41 bits per heavy atom. The maximum atomic E-state index is 13.0. The Labute approximate surface area is 154 Å². The Morgan fingerprint density at radius 1 is 0.926 bits per heavy atom. The van der Waals surface area contributed by atoms with Gasteiger partial charge in [-0.1, -0.05) is 48.5 Å². The number of carbonyl (C=O) groups is 2. The first-order chi connectivity index (χ1) is 13.1. The number of hydrogen-bond donors (Lipinski definition) is 2. The van der Waals surface area contributed by atoms with Crippen LogP contribution in [0.3, 0.4) is 0 Å². The lowest BCUT2D eigenvalue weighted by molar-refractivity contribution is -0.113. The van der Waals surface area contributed by atoms with Gasteiger partial charge in [0, 0.05) is 12.6 Å². The Hall–Kier alpha value is -3.67. The number of fused-ring (bicyclic) bond motifs is 1. The summed E-state index contributed by atoms with van der Waals surface area (Å²) in [6.07, 6.45) is 2.24. The van der Waals surface area contributed by atoms with Gasteiger partial charge in [0.15, 0.2) is 0 Å². The minimum Gasteiger partial charge on any atom is -0.310 e. The Morgan fingerprint density at radius 2 is 1.63 bits per heavy atom. The first kappa shape index (κ1) is 16.8. The van der Waals surface area contributed by atoms with E-state index in [1.807, 2.05) is 30.3 Å². The number of anilines is 1. The third kappa shape index (κ3) is 2.81. The Balaban J connectivity index is 1.93. The molecule has 0 radical (unpaired) electrons. The highest BCUT2D eigenvalue weighted by atomic mass is 16.2. The van der Waals surface area contributed by atoms with E-state index in [9.17, 15) is 14.4 Å². The van der Waals surface area contributed by atoms with E-state index in [1.165, 1.54) is 4.90 Å². The molecule has 134 valence electrons. The van der Waals surface area contributed by atoms with Crippen molar-refractivity contribution in [3.05, 3.63) is 86.6 Å². The van der Waals surface area contributed by atoms with Crippen LogP contribution >= 0.6 is 0 Å². The number of Topliss-reactive ketones (excluding diaryl/α,β-unsaturated/α-hetero) is 1. The van der Waals surface area contributed by atoms with Crippen LogP contribution in [0, 0.1) is 0 Å². The zero-order chi connectivity index (χ0) is 19.0. The van der Waals surface area contributed by atoms with Gasteiger partial charge >= 0.3 is 0 Å². The van der Waals surface area contributed by atoms with E-state index < -0.39 is 11.7 Å². The number of para-hydroxylation sites is 1. The van der Waals surface area contributed by atoms with Crippen molar-refractivity contribution >= 4 is 29.0 Å². The van der Waals surface area contributed by atoms with Gasteiger partial charge in [0.25, 0.3) is 11.5 Å². The highest BCUT2D eigenvalue weighted by Crippen LogP contribution is 2.28. The summed E-state index contributed by atoms with van der Waals surface area (Å²) in [7, 11) is 1.62. The van der Waals surface area contributed by atoms with Gasteiger partial charge in [-0.05, 0) is 24.1 Å². The van der Waals surface area contributed by atoms with E-state index in [1.54, 1.807) is 37.4 Å². The highest BCUT2D eigenvalue weighted by molar-refractivity contribution is 6.51. The smallest absolute Gasteiger partial charge is 0.271 e. The molecule has 0 bridgehead atoms. The number of benzene rings is 2. The van der Waals surface area contributed by atoms with Gasteiger partial charge in [-0.15, -0.1) is 0 Å². The number of aromatic nitrogens is 2. The van der Waals surface area contributed by atoms with Crippen LogP contribution in [-0.2, 0) is 11.2 Å². The molecule has 1 aliphatic rings. The van der Waals surface area contributed by atoms with Gasteiger partial charge in [-0.2, -0.15) is 0 Å². The van der Waals surface area contributed by atoms with Crippen LogP contribution in [0.1, 0.15) is 15.9 Å². The van der Waals surface area contributed by atoms with Gasteiger partial charge in [-0.3, -0.25) is 24.6 Å². The van der Waals surface area contributed by atoms with Crippen molar-refractivity contribution in [3.8, 4) is 0 Å². The summed E-state index contributed by atoms with van der Waals surface area (Å²) in [4.78, 5) is 39.5. The summed E-state index contributed by atoms with van der Waals surface area (Å²) in [6.45, 7) is 0. The SMILES string of the molecule is CN1C(=O)/C(=c2/[nH][nH]c(=O)/c2=C\Cc2ccccc2)C(=O)c2ccccc21. The number of amides is 1. The second-order valence-electron chi connectivity index (χ2n) is 6.35. The molecule has 6 nitrogen and oxygen atoms in total. The van der Waals surface area contributed by atoms with Crippen LogP contribution in [0.4, 0.5) is 5.69 Å². The predicted octanol–water partition coefficient (Wildman–Crippen LogP) is 0.736. The molecule has 3 aromatic rings. The van der Waals surface area contributed by atoms with Crippen molar-refractivity contribution in [2.45, 2.75) is 6.42 Å². The van der Waals surface area contributed by atoms with Gasteiger partial charge in [0.2, 0.25) is 5.78 Å². The summed E-state index contributed by atoms with van der Waals surface area (Å²) < 4.78 is 0. The fourth-order valence-electron chi connectivity index (χ4n) is 3.28. The zero-order valence-corrected chi connectivity index (χ0v) is 14.7. The summed E-state index contributed by atoms with van der Waals surface area (Å²) in [5.41, 5.74) is 1.62. The number of hydrogen-bond acceptors (Lipinski definition) is 3. The molecular formula is C21H17N3O3. The fourth-order valence-corrected chi connectivity index (χ4v) is 3.28. The van der Waals surface area contributed by atoms with Crippen molar-refractivity contribution in [2.75, 3.05) is 11.9 Å². The second kappa shape index (κ2) is 6.57. The first-order valence-corrected chi connectivity index (χ1v) is 8.55. The molecule has 2 heterocycles. The normalized spacial score (nSPS) is 16.6. The molecular weight excluding hydrogens is 342 g/mol. The van der Waals surface area contributed by atoms with Crippen molar-refractivity contribution < 1.29 is 9.59 Å². The Bertz CT molecular complexity index is 1220. The molecule has 0 saturated heterocycles. The monoisotopic (exact) mass is 359 g/mol. The van der Waals surface area contributed by atoms with Crippen LogP contribution in [0.15, 0.2) is 59.4 Å². The Kier molecular flexibility index (Phi) is 4.08. The van der Waals surface area contributed by atoms with Crippen molar-refractivity contribution in [3.63, 3.8) is 0 Å². The minimum absolute atomic E-state index is 0.0335. The zero-order valence-electron chi connectivity index (χ0n) is 14.7. The molecule has 0 spiro atoms. The molecule has 27 heavy (non-hydrogen) atoms. The van der Waals surface area contributed by atoms with Gasteiger partial charge in [-0.25, -0.2) is 0 Å². The maximum Gasteiger partial charge on any atom is 0.271 e. The number of carbonyl (C=O) groups excluding carboxylic acids is 2. The van der Waals surface area contributed by atoms with E-state index >= 15 is 0 Å². The average Bonchev–Trinajstić information content (AvgIpc) is 3.06. The average molecular weight is 359 g/mol. The largest absolute Gasteiger partial charge is 0.310 e. The standard InChI is InChI=1S/C21H17N3O3/c1-24-16-10-6-5-9-14(16)19(25)17(21(24)27)18-15(20(26)23-22-18)12-11-13-7-3-2-4-8-13/h2-10,12,22H,11H2,1H3,(H,23,26)/b15-12-,18-17+. The van der Waals surface area contributed by atoms with E-state index in [0.29, 0.717) is 22.9 Å². The molecule has 1 amide bonds. The molecule has 0 fully saturated rings. The number of nitrogens with one attached hydrogen (secondary N) is 2. The molecule has 6 heteroatoms. The van der Waals surface area contributed by atoms with Gasteiger partial charge < -0.3 is 4.90 Å². The first-order valence-electron chi connectivity index (χ1n) is 8.55. The summed E-state index contributed by atoms with van der Waals surface area (Å²) in [6, 6.07) is 16.6. The molecule has 4 rings (SSSR count).